The SMILES string of the molecule is CC(C)(C)OC(=O)NC(CCCCO)C(=O)NCc1cccc(F)c1. The molecule has 0 fully saturated rings. The van der Waals surface area contributed by atoms with Crippen LogP contribution in [0.3, 0.4) is 0 Å². The third kappa shape index (κ3) is 9.05. The summed E-state index contributed by atoms with van der Waals surface area (Å²) in [5, 5.41) is 14.1. The minimum absolute atomic E-state index is 0.0179. The Bertz CT molecular complexity index is 572. The second-order valence-electron chi connectivity index (χ2n) is 6.77. The standard InChI is InChI=1S/C18H27FN2O4/c1-18(2,3)25-17(24)21-15(9-4-5-10-22)16(23)20-12-13-7-6-8-14(19)11-13/h6-8,11,15,22H,4-5,9-10,12H2,1-3H3,(H,20,23)(H,21,24). The van der Waals surface area contributed by atoms with Crippen LogP contribution >= 0.6 is 0 Å². The lowest BCUT2D eigenvalue weighted by atomic mass is 10.1. The fourth-order valence-electron chi connectivity index (χ4n) is 2.14. The second kappa shape index (κ2) is 9.98. The molecule has 7 heteroatoms. The number of benzene rings is 1. The predicted octanol–water partition coefficient (Wildman–Crippen LogP) is 2.50. The highest BCUT2D eigenvalue weighted by molar-refractivity contribution is 5.85. The van der Waals surface area contributed by atoms with E-state index in [4.69, 9.17) is 9.84 Å². The summed E-state index contributed by atoms with van der Waals surface area (Å²) in [6.07, 6.45) is 0.797. The lowest BCUT2D eigenvalue weighted by molar-refractivity contribution is -0.123. The lowest BCUT2D eigenvalue weighted by Gasteiger charge is -2.23. The first-order valence-corrected chi connectivity index (χ1v) is 8.34. The molecule has 0 aliphatic rings. The third-order valence-corrected chi connectivity index (χ3v) is 3.26. The molecular formula is C18H27FN2O4. The minimum Gasteiger partial charge on any atom is -0.444 e. The van der Waals surface area contributed by atoms with Crippen molar-refractivity contribution in [3.63, 3.8) is 0 Å². The summed E-state index contributed by atoms with van der Waals surface area (Å²) in [5.41, 5.74) is -0.0441. The van der Waals surface area contributed by atoms with Crippen LogP contribution in [0.4, 0.5) is 9.18 Å². The summed E-state index contributed by atoms with van der Waals surface area (Å²) in [5.74, 6) is -0.758. The quantitative estimate of drug-likeness (QED) is 0.626. The van der Waals surface area contributed by atoms with Crippen molar-refractivity contribution in [1.82, 2.24) is 10.6 Å². The van der Waals surface area contributed by atoms with E-state index in [1.54, 1.807) is 32.9 Å². The largest absolute Gasteiger partial charge is 0.444 e. The fraction of sp³-hybridized carbons (Fsp3) is 0.556. The number of ether oxygens (including phenoxy) is 1. The van der Waals surface area contributed by atoms with Gasteiger partial charge in [0.15, 0.2) is 0 Å². The maximum Gasteiger partial charge on any atom is 0.408 e. The van der Waals surface area contributed by atoms with Gasteiger partial charge in [0.05, 0.1) is 0 Å². The van der Waals surface area contributed by atoms with Crippen molar-refractivity contribution in [3.8, 4) is 0 Å². The molecule has 0 radical (unpaired) electrons. The van der Waals surface area contributed by atoms with Gasteiger partial charge in [0.2, 0.25) is 5.91 Å². The minimum atomic E-state index is -0.782. The zero-order valence-electron chi connectivity index (χ0n) is 15.0. The van der Waals surface area contributed by atoms with Crippen LogP contribution in [0.2, 0.25) is 0 Å². The molecule has 140 valence electrons. The molecule has 2 amide bonds. The van der Waals surface area contributed by atoms with Crippen LogP contribution in [0.1, 0.15) is 45.6 Å². The van der Waals surface area contributed by atoms with Crippen LogP contribution in [0.25, 0.3) is 0 Å². The van der Waals surface area contributed by atoms with E-state index < -0.39 is 17.7 Å². The van der Waals surface area contributed by atoms with Crippen molar-refractivity contribution in [2.45, 2.75) is 58.2 Å². The van der Waals surface area contributed by atoms with Crippen LogP contribution < -0.4 is 10.6 Å². The van der Waals surface area contributed by atoms with Crippen LogP contribution in [-0.2, 0) is 16.1 Å². The molecular weight excluding hydrogens is 327 g/mol. The van der Waals surface area contributed by atoms with Crippen molar-refractivity contribution in [3.05, 3.63) is 35.6 Å². The number of hydrogen-bond donors (Lipinski definition) is 3. The normalized spacial score (nSPS) is 12.4. The molecule has 0 aliphatic heterocycles. The average molecular weight is 354 g/mol. The van der Waals surface area contributed by atoms with Gasteiger partial charge in [-0.05, 0) is 57.7 Å². The lowest BCUT2D eigenvalue weighted by Crippen LogP contribution is -2.48. The number of amides is 2. The van der Waals surface area contributed by atoms with E-state index in [0.717, 1.165) is 0 Å². The Morgan fingerprint density at radius 1 is 1.28 bits per heavy atom. The van der Waals surface area contributed by atoms with E-state index in [9.17, 15) is 14.0 Å². The molecule has 6 nitrogen and oxygen atoms in total. The van der Waals surface area contributed by atoms with E-state index >= 15 is 0 Å². The number of carbonyl (C=O) groups is 2. The summed E-state index contributed by atoms with van der Waals surface area (Å²) in [6, 6.07) is 5.14. The molecule has 0 aromatic heterocycles. The maximum atomic E-state index is 13.2. The van der Waals surface area contributed by atoms with Gasteiger partial charge in [0.25, 0.3) is 0 Å². The summed E-state index contributed by atoms with van der Waals surface area (Å²) in [7, 11) is 0. The molecule has 1 atom stereocenters. The molecule has 25 heavy (non-hydrogen) atoms. The number of halogens is 1. The molecule has 0 saturated carbocycles. The van der Waals surface area contributed by atoms with E-state index in [1.807, 2.05) is 0 Å². The van der Waals surface area contributed by atoms with Crippen molar-refractivity contribution >= 4 is 12.0 Å². The van der Waals surface area contributed by atoms with Crippen molar-refractivity contribution in [1.29, 1.82) is 0 Å². The van der Waals surface area contributed by atoms with Crippen LogP contribution in [-0.4, -0.2) is 35.4 Å². The molecule has 0 heterocycles. The highest BCUT2D eigenvalue weighted by Crippen LogP contribution is 2.09. The summed E-state index contributed by atoms with van der Waals surface area (Å²) in [4.78, 5) is 24.3. The average Bonchev–Trinajstić information content (AvgIpc) is 2.50. The first kappa shape index (κ1) is 20.9. The Labute approximate surface area is 147 Å². The zero-order valence-corrected chi connectivity index (χ0v) is 15.0. The van der Waals surface area contributed by atoms with Gasteiger partial charge in [-0.2, -0.15) is 0 Å². The number of unbranched alkanes of at least 4 members (excludes halogenated alkanes) is 1. The summed E-state index contributed by atoms with van der Waals surface area (Å²) >= 11 is 0. The number of rotatable bonds is 8. The van der Waals surface area contributed by atoms with Gasteiger partial charge in [0.1, 0.15) is 17.5 Å². The first-order valence-electron chi connectivity index (χ1n) is 8.34. The highest BCUT2D eigenvalue weighted by atomic mass is 19.1. The smallest absolute Gasteiger partial charge is 0.408 e. The van der Waals surface area contributed by atoms with Gasteiger partial charge in [0, 0.05) is 13.2 Å². The number of hydrogen-bond acceptors (Lipinski definition) is 4. The molecule has 1 rings (SSSR count). The van der Waals surface area contributed by atoms with Crippen molar-refractivity contribution in [2.24, 2.45) is 0 Å². The number of aliphatic hydroxyl groups excluding tert-OH is 1. The third-order valence-electron chi connectivity index (χ3n) is 3.26. The maximum absolute atomic E-state index is 13.2. The zero-order chi connectivity index (χ0) is 18.9. The van der Waals surface area contributed by atoms with Crippen LogP contribution in [0, 0.1) is 5.82 Å². The Kier molecular flexibility index (Phi) is 8.34. The number of alkyl carbamates (subject to hydrolysis) is 1. The van der Waals surface area contributed by atoms with Gasteiger partial charge in [-0.25, -0.2) is 9.18 Å². The highest BCUT2D eigenvalue weighted by Gasteiger charge is 2.23. The topological polar surface area (TPSA) is 87.7 Å². The molecule has 3 N–H and O–H groups in total. The molecule has 0 spiro atoms. The van der Waals surface area contributed by atoms with E-state index in [2.05, 4.69) is 10.6 Å². The Balaban J connectivity index is 2.63. The molecule has 0 saturated heterocycles. The Hall–Kier alpha value is -2.15. The number of carbonyl (C=O) groups excluding carboxylic acids is 2. The molecule has 1 unspecified atom stereocenters. The predicted molar refractivity (Wildman–Crippen MR) is 92.3 cm³/mol. The first-order chi connectivity index (χ1) is 11.7. The van der Waals surface area contributed by atoms with Crippen molar-refractivity contribution < 1.29 is 23.8 Å². The van der Waals surface area contributed by atoms with E-state index in [1.165, 1.54) is 12.1 Å². The molecule has 1 aromatic rings. The van der Waals surface area contributed by atoms with Gasteiger partial charge in [-0.3, -0.25) is 4.79 Å². The molecule has 1 aromatic carbocycles. The van der Waals surface area contributed by atoms with Gasteiger partial charge < -0.3 is 20.5 Å². The number of aliphatic hydroxyl groups is 1. The number of nitrogens with one attached hydrogen (secondary N) is 2. The molecule has 0 aliphatic carbocycles. The van der Waals surface area contributed by atoms with Gasteiger partial charge >= 0.3 is 6.09 Å². The Morgan fingerprint density at radius 2 is 2.00 bits per heavy atom. The van der Waals surface area contributed by atoms with E-state index in [-0.39, 0.29) is 24.9 Å². The van der Waals surface area contributed by atoms with E-state index in [0.29, 0.717) is 24.8 Å². The van der Waals surface area contributed by atoms with Crippen LogP contribution in [0.15, 0.2) is 24.3 Å². The van der Waals surface area contributed by atoms with Crippen molar-refractivity contribution in [2.75, 3.05) is 6.61 Å². The monoisotopic (exact) mass is 354 g/mol. The summed E-state index contributed by atoms with van der Waals surface area (Å²) in [6.45, 7) is 5.37. The Morgan fingerprint density at radius 3 is 2.60 bits per heavy atom. The van der Waals surface area contributed by atoms with Gasteiger partial charge in [-0.15, -0.1) is 0 Å². The van der Waals surface area contributed by atoms with Crippen LogP contribution in [0.5, 0.6) is 0 Å². The second-order valence-corrected chi connectivity index (χ2v) is 6.77. The van der Waals surface area contributed by atoms with Gasteiger partial charge in [-0.1, -0.05) is 12.1 Å². The fourth-order valence-corrected chi connectivity index (χ4v) is 2.14. The molecule has 0 bridgehead atoms. The summed E-state index contributed by atoms with van der Waals surface area (Å²) < 4.78 is 18.3.